The van der Waals surface area contributed by atoms with Gasteiger partial charge in [-0.3, -0.25) is 9.78 Å². The van der Waals surface area contributed by atoms with Crippen LogP contribution in [0, 0.1) is 0 Å². The Kier molecular flexibility index (Phi) is 7.33. The number of aromatic nitrogens is 1. The SMILES string of the molecule is CCOC(=O)c1ccnc(CNCC(=O)N(CCN(C)C)C2CC2)c1. The predicted octanol–water partition coefficient (Wildman–Crippen LogP) is 0.901. The third-order valence-corrected chi connectivity index (χ3v) is 4.01. The zero-order valence-electron chi connectivity index (χ0n) is 15.3. The maximum atomic E-state index is 12.4. The first-order chi connectivity index (χ1) is 12.0. The molecule has 0 bridgehead atoms. The standard InChI is InChI=1S/C18H28N4O3/c1-4-25-18(24)14-7-8-20-15(11-14)12-19-13-17(23)22(16-5-6-16)10-9-21(2)3/h7-8,11,16,19H,4-6,9-10,12-13H2,1-3H3. The van der Waals surface area contributed by atoms with Gasteiger partial charge in [0.15, 0.2) is 0 Å². The number of pyridine rings is 1. The van der Waals surface area contributed by atoms with Crippen LogP contribution in [0.1, 0.15) is 35.8 Å². The first kappa shape index (κ1) is 19.3. The number of ether oxygens (including phenoxy) is 1. The average Bonchev–Trinajstić information content (AvgIpc) is 3.40. The molecule has 7 nitrogen and oxygen atoms in total. The van der Waals surface area contributed by atoms with Crippen molar-refractivity contribution in [2.75, 3.05) is 40.3 Å². The molecule has 1 aliphatic carbocycles. The van der Waals surface area contributed by atoms with Gasteiger partial charge >= 0.3 is 5.97 Å². The van der Waals surface area contributed by atoms with Gasteiger partial charge in [-0.15, -0.1) is 0 Å². The van der Waals surface area contributed by atoms with Crippen LogP contribution in [0.3, 0.4) is 0 Å². The van der Waals surface area contributed by atoms with E-state index in [1.165, 1.54) is 0 Å². The molecule has 0 aromatic carbocycles. The van der Waals surface area contributed by atoms with E-state index < -0.39 is 0 Å². The van der Waals surface area contributed by atoms with Gasteiger partial charge in [0, 0.05) is 31.9 Å². The molecule has 138 valence electrons. The highest BCUT2D eigenvalue weighted by Crippen LogP contribution is 2.26. The van der Waals surface area contributed by atoms with E-state index in [9.17, 15) is 9.59 Å². The zero-order chi connectivity index (χ0) is 18.2. The lowest BCUT2D eigenvalue weighted by Crippen LogP contribution is -2.42. The molecule has 0 unspecified atom stereocenters. The number of hydrogen-bond donors (Lipinski definition) is 1. The molecule has 7 heteroatoms. The van der Waals surface area contributed by atoms with Crippen molar-refractivity contribution >= 4 is 11.9 Å². The number of nitrogens with zero attached hydrogens (tertiary/aromatic N) is 3. The molecular formula is C18H28N4O3. The van der Waals surface area contributed by atoms with E-state index in [1.54, 1.807) is 25.3 Å². The fraction of sp³-hybridized carbons (Fsp3) is 0.611. The Hall–Kier alpha value is -1.99. The number of likely N-dealkylation sites (N-methyl/N-ethyl adjacent to an activating group) is 1. The van der Waals surface area contributed by atoms with Crippen molar-refractivity contribution in [1.82, 2.24) is 20.1 Å². The van der Waals surface area contributed by atoms with Crippen LogP contribution in [0.5, 0.6) is 0 Å². The van der Waals surface area contributed by atoms with Gasteiger partial charge in [-0.05, 0) is 46.0 Å². The zero-order valence-corrected chi connectivity index (χ0v) is 15.3. The van der Waals surface area contributed by atoms with E-state index in [0.29, 0.717) is 30.5 Å². The molecular weight excluding hydrogens is 320 g/mol. The summed E-state index contributed by atoms with van der Waals surface area (Å²) in [7, 11) is 4.02. The highest BCUT2D eigenvalue weighted by molar-refractivity contribution is 5.89. The molecule has 0 aliphatic heterocycles. The van der Waals surface area contributed by atoms with Crippen LogP contribution in [0.15, 0.2) is 18.3 Å². The summed E-state index contributed by atoms with van der Waals surface area (Å²) in [6.45, 7) is 4.45. The van der Waals surface area contributed by atoms with Crippen LogP contribution in [0.25, 0.3) is 0 Å². The number of carbonyl (C=O) groups is 2. The Morgan fingerprint density at radius 3 is 2.72 bits per heavy atom. The van der Waals surface area contributed by atoms with Gasteiger partial charge < -0.3 is 19.9 Å². The number of esters is 1. The second-order valence-electron chi connectivity index (χ2n) is 6.48. The predicted molar refractivity (Wildman–Crippen MR) is 95.2 cm³/mol. The highest BCUT2D eigenvalue weighted by atomic mass is 16.5. The number of nitrogens with one attached hydrogen (secondary N) is 1. The van der Waals surface area contributed by atoms with E-state index >= 15 is 0 Å². The number of hydrogen-bond acceptors (Lipinski definition) is 6. The quantitative estimate of drug-likeness (QED) is 0.633. The maximum Gasteiger partial charge on any atom is 0.338 e. The minimum absolute atomic E-state index is 0.117. The molecule has 1 fully saturated rings. The van der Waals surface area contributed by atoms with E-state index in [-0.39, 0.29) is 18.4 Å². The molecule has 1 aromatic heterocycles. The van der Waals surface area contributed by atoms with Gasteiger partial charge in [-0.25, -0.2) is 4.79 Å². The summed E-state index contributed by atoms with van der Waals surface area (Å²) in [5, 5.41) is 3.13. The molecule has 1 saturated carbocycles. The number of carbonyl (C=O) groups excluding carboxylic acids is 2. The summed E-state index contributed by atoms with van der Waals surface area (Å²) in [5.74, 6) is -0.239. The molecule has 1 heterocycles. The molecule has 0 spiro atoms. The van der Waals surface area contributed by atoms with E-state index in [2.05, 4.69) is 15.2 Å². The Morgan fingerprint density at radius 2 is 2.08 bits per heavy atom. The summed E-state index contributed by atoms with van der Waals surface area (Å²) in [6, 6.07) is 3.72. The summed E-state index contributed by atoms with van der Waals surface area (Å²) >= 11 is 0. The molecule has 0 radical (unpaired) electrons. The molecule has 1 amide bonds. The van der Waals surface area contributed by atoms with Crippen LogP contribution in [0.4, 0.5) is 0 Å². The third-order valence-electron chi connectivity index (χ3n) is 4.01. The van der Waals surface area contributed by atoms with Crippen molar-refractivity contribution in [2.24, 2.45) is 0 Å². The fourth-order valence-corrected chi connectivity index (χ4v) is 2.52. The van der Waals surface area contributed by atoms with Gasteiger partial charge in [0.05, 0.1) is 24.4 Å². The monoisotopic (exact) mass is 348 g/mol. The Labute approximate surface area is 149 Å². The molecule has 1 N–H and O–H groups in total. The van der Waals surface area contributed by atoms with Crippen molar-refractivity contribution in [2.45, 2.75) is 32.4 Å². The van der Waals surface area contributed by atoms with Crippen molar-refractivity contribution in [3.8, 4) is 0 Å². The molecule has 25 heavy (non-hydrogen) atoms. The van der Waals surface area contributed by atoms with E-state index in [4.69, 9.17) is 4.74 Å². The van der Waals surface area contributed by atoms with Gasteiger partial charge in [0.25, 0.3) is 0 Å². The topological polar surface area (TPSA) is 74.8 Å². The highest BCUT2D eigenvalue weighted by Gasteiger charge is 2.31. The first-order valence-electron chi connectivity index (χ1n) is 8.78. The normalized spacial score (nSPS) is 13.8. The molecule has 0 atom stereocenters. The Balaban J connectivity index is 1.81. The van der Waals surface area contributed by atoms with E-state index in [1.807, 2.05) is 19.0 Å². The molecule has 2 rings (SSSR count). The van der Waals surface area contributed by atoms with Crippen molar-refractivity contribution < 1.29 is 14.3 Å². The molecule has 1 aliphatic rings. The second kappa shape index (κ2) is 9.48. The summed E-state index contributed by atoms with van der Waals surface area (Å²) in [6.07, 6.45) is 3.78. The molecule has 0 saturated heterocycles. The van der Waals surface area contributed by atoms with Crippen LogP contribution >= 0.6 is 0 Å². The smallest absolute Gasteiger partial charge is 0.338 e. The van der Waals surface area contributed by atoms with Crippen LogP contribution < -0.4 is 5.32 Å². The Morgan fingerprint density at radius 1 is 1.32 bits per heavy atom. The summed E-state index contributed by atoms with van der Waals surface area (Å²) in [4.78, 5) is 32.5. The van der Waals surface area contributed by atoms with Crippen molar-refractivity contribution in [3.63, 3.8) is 0 Å². The number of rotatable bonds is 10. The minimum atomic E-state index is -0.356. The lowest BCUT2D eigenvalue weighted by Gasteiger charge is -2.24. The Bertz CT molecular complexity index is 587. The third kappa shape index (κ3) is 6.43. The summed E-state index contributed by atoms with van der Waals surface area (Å²) < 4.78 is 4.98. The van der Waals surface area contributed by atoms with Gasteiger partial charge in [-0.1, -0.05) is 0 Å². The lowest BCUT2D eigenvalue weighted by molar-refractivity contribution is -0.131. The summed E-state index contributed by atoms with van der Waals surface area (Å²) in [5.41, 5.74) is 1.19. The van der Waals surface area contributed by atoms with Crippen LogP contribution in [-0.2, 0) is 16.1 Å². The maximum absolute atomic E-state index is 12.4. The largest absolute Gasteiger partial charge is 0.462 e. The number of amides is 1. The van der Waals surface area contributed by atoms with Gasteiger partial charge in [0.1, 0.15) is 0 Å². The lowest BCUT2D eigenvalue weighted by atomic mass is 10.2. The second-order valence-corrected chi connectivity index (χ2v) is 6.48. The first-order valence-corrected chi connectivity index (χ1v) is 8.78. The van der Waals surface area contributed by atoms with Crippen LogP contribution in [-0.4, -0.2) is 73.0 Å². The van der Waals surface area contributed by atoms with Gasteiger partial charge in [0.2, 0.25) is 5.91 Å². The van der Waals surface area contributed by atoms with Gasteiger partial charge in [-0.2, -0.15) is 0 Å². The average molecular weight is 348 g/mol. The van der Waals surface area contributed by atoms with E-state index in [0.717, 1.165) is 25.9 Å². The molecule has 1 aromatic rings. The van der Waals surface area contributed by atoms with Crippen LogP contribution in [0.2, 0.25) is 0 Å². The minimum Gasteiger partial charge on any atom is -0.462 e. The van der Waals surface area contributed by atoms with Crippen molar-refractivity contribution in [3.05, 3.63) is 29.6 Å². The fourth-order valence-electron chi connectivity index (χ4n) is 2.52. The van der Waals surface area contributed by atoms with Crippen molar-refractivity contribution in [1.29, 1.82) is 0 Å².